The first-order valence-electron chi connectivity index (χ1n) is 13.1. The molecule has 42 heavy (non-hydrogen) atoms. The van der Waals surface area contributed by atoms with E-state index in [4.69, 9.17) is 32.4 Å². The summed E-state index contributed by atoms with van der Waals surface area (Å²) in [7, 11) is -2.34. The van der Waals surface area contributed by atoms with Crippen LogP contribution in [0, 0.1) is 0 Å². The second-order valence-electron chi connectivity index (χ2n) is 10.1. The fourth-order valence-corrected chi connectivity index (χ4v) is 7.43. The number of halogens is 2. The molecular formula is C28H25Cl2N5O6S. The fraction of sp³-hybridized carbons (Fsp3) is 0.286. The molecule has 0 radical (unpaired) electrons. The second kappa shape index (κ2) is 10.8. The summed E-state index contributed by atoms with van der Waals surface area (Å²) in [6, 6.07) is 10.3. The van der Waals surface area contributed by atoms with E-state index < -0.39 is 28.0 Å². The van der Waals surface area contributed by atoms with E-state index in [0.29, 0.717) is 50.1 Å². The van der Waals surface area contributed by atoms with Gasteiger partial charge in [0.15, 0.2) is 0 Å². The Kier molecular flexibility index (Phi) is 7.34. The van der Waals surface area contributed by atoms with Gasteiger partial charge in [-0.25, -0.2) is 18.1 Å². The van der Waals surface area contributed by atoms with E-state index in [-0.39, 0.29) is 35.3 Å². The topological polar surface area (TPSA) is 141 Å². The number of ether oxygens (including phenoxy) is 1. The summed E-state index contributed by atoms with van der Waals surface area (Å²) in [4.78, 5) is 16.1. The van der Waals surface area contributed by atoms with Gasteiger partial charge >= 0.3 is 5.97 Å². The van der Waals surface area contributed by atoms with Gasteiger partial charge in [0.25, 0.3) is 0 Å². The highest BCUT2D eigenvalue weighted by Crippen LogP contribution is 2.39. The molecule has 1 N–H and O–H groups in total. The van der Waals surface area contributed by atoms with Crippen LogP contribution in [0.25, 0.3) is 22.0 Å². The molecular weight excluding hydrogens is 605 g/mol. The molecule has 4 heterocycles. The lowest BCUT2D eigenvalue weighted by molar-refractivity contribution is -0.137. The average molecular weight is 631 g/mol. The highest BCUT2D eigenvalue weighted by atomic mass is 35.5. The zero-order chi connectivity index (χ0) is 29.8. The van der Waals surface area contributed by atoms with E-state index in [1.807, 2.05) is 13.0 Å². The largest absolute Gasteiger partial charge is 0.481 e. The number of hydrogen-bond acceptors (Lipinski definition) is 8. The highest BCUT2D eigenvalue weighted by molar-refractivity contribution is 7.89. The Balaban J connectivity index is 1.47. The molecule has 0 saturated carbocycles. The van der Waals surface area contributed by atoms with Crippen LogP contribution in [-0.4, -0.2) is 56.4 Å². The van der Waals surface area contributed by atoms with Crippen LogP contribution in [0.3, 0.4) is 0 Å². The maximum absolute atomic E-state index is 13.9. The van der Waals surface area contributed by atoms with Crippen molar-refractivity contribution in [2.24, 2.45) is 7.05 Å². The maximum atomic E-state index is 13.9. The molecule has 1 aliphatic heterocycles. The number of aryl methyl sites for hydroxylation is 1. The molecule has 3 aromatic heterocycles. The van der Waals surface area contributed by atoms with Crippen LogP contribution in [-0.2, 0) is 28.4 Å². The summed E-state index contributed by atoms with van der Waals surface area (Å²) >= 11 is 12.9. The summed E-state index contributed by atoms with van der Waals surface area (Å²) in [5.74, 6) is -1.69. The number of carboxylic acid groups (broad SMARTS) is 1. The van der Waals surface area contributed by atoms with Crippen molar-refractivity contribution in [3.63, 3.8) is 0 Å². The number of pyridine rings is 1. The van der Waals surface area contributed by atoms with Gasteiger partial charge in [-0.1, -0.05) is 47.5 Å². The Morgan fingerprint density at radius 3 is 2.79 bits per heavy atom. The number of nitrogens with zero attached hydrogens (tertiary/aromatic N) is 5. The number of hydrogen-bond donors (Lipinski definition) is 1. The van der Waals surface area contributed by atoms with Crippen LogP contribution in [0.2, 0.25) is 10.0 Å². The van der Waals surface area contributed by atoms with Gasteiger partial charge in [-0.15, -0.1) is 5.10 Å². The number of aliphatic carboxylic acids is 1. The van der Waals surface area contributed by atoms with Gasteiger partial charge in [-0.2, -0.15) is 4.31 Å². The van der Waals surface area contributed by atoms with Crippen molar-refractivity contribution in [3.8, 4) is 5.88 Å². The second-order valence-corrected chi connectivity index (χ2v) is 12.8. The van der Waals surface area contributed by atoms with Crippen LogP contribution in [0.1, 0.15) is 42.4 Å². The van der Waals surface area contributed by atoms with Gasteiger partial charge in [-0.3, -0.25) is 4.79 Å². The van der Waals surface area contributed by atoms with Crippen LogP contribution in [0.5, 0.6) is 5.88 Å². The summed E-state index contributed by atoms with van der Waals surface area (Å²) < 4.78 is 42.4. The molecule has 5 aromatic rings. The van der Waals surface area contributed by atoms with Crippen LogP contribution >= 0.6 is 23.2 Å². The molecule has 11 nitrogen and oxygen atoms in total. The number of furan rings is 1. The van der Waals surface area contributed by atoms with Gasteiger partial charge < -0.3 is 14.3 Å². The summed E-state index contributed by atoms with van der Waals surface area (Å²) in [6.07, 6.45) is 2.68. The smallest absolute Gasteiger partial charge is 0.304 e. The molecule has 2 aromatic carbocycles. The zero-order valence-electron chi connectivity index (χ0n) is 22.5. The average Bonchev–Trinajstić information content (AvgIpc) is 3.56. The van der Waals surface area contributed by atoms with Gasteiger partial charge in [0.2, 0.25) is 15.9 Å². The molecule has 0 aliphatic carbocycles. The van der Waals surface area contributed by atoms with Gasteiger partial charge in [0.05, 0.1) is 34.8 Å². The minimum Gasteiger partial charge on any atom is -0.481 e. The van der Waals surface area contributed by atoms with Gasteiger partial charge in [0, 0.05) is 36.7 Å². The molecule has 1 aliphatic rings. The molecule has 14 heteroatoms. The lowest BCUT2D eigenvalue weighted by Gasteiger charge is -2.24. The van der Waals surface area contributed by atoms with Gasteiger partial charge in [0.1, 0.15) is 22.1 Å². The van der Waals surface area contributed by atoms with E-state index in [1.54, 1.807) is 36.0 Å². The van der Waals surface area contributed by atoms with Crippen LogP contribution in [0.15, 0.2) is 58.2 Å². The molecule has 6 rings (SSSR count). The Hall–Kier alpha value is -3.71. The molecule has 0 spiro atoms. The van der Waals surface area contributed by atoms with Crippen molar-refractivity contribution in [2.45, 2.75) is 43.2 Å². The Morgan fingerprint density at radius 2 is 2.02 bits per heavy atom. The van der Waals surface area contributed by atoms with E-state index in [2.05, 4.69) is 15.3 Å². The monoisotopic (exact) mass is 629 g/mol. The standard InChI is InChI=1S/C28H25Cl2N5O6S/c1-3-19-14-35(42(38,39)23-10-18(29)12-31-28(23)41-19)13-17-9-16(8-15-6-7-40-27(15)17)21(11-24(36)37)20-4-5-22-26(25(20)30)32-33-34(22)2/h4-10,12,19,21H,3,11,13-14H2,1-2H3,(H,36,37)/t19-,21?/m1/s1. The number of carbonyl (C=O) groups is 1. The SMILES string of the molecule is CC[C@@H]1CN(Cc2cc(C(CC(=O)O)c3ccc4c(nnn4C)c3Cl)cc3ccoc23)S(=O)(=O)c2cc(Cl)cnc2O1. The number of carboxylic acids is 1. The first-order valence-corrected chi connectivity index (χ1v) is 15.3. The normalized spacial score (nSPS) is 17.6. The maximum Gasteiger partial charge on any atom is 0.304 e. The lowest BCUT2D eigenvalue weighted by atomic mass is 9.86. The third kappa shape index (κ3) is 4.98. The van der Waals surface area contributed by atoms with E-state index in [1.165, 1.54) is 22.8 Å². The van der Waals surface area contributed by atoms with Crippen molar-refractivity contribution in [1.82, 2.24) is 24.3 Å². The summed E-state index contributed by atoms with van der Waals surface area (Å²) in [5.41, 5.74) is 3.41. The predicted molar refractivity (Wildman–Crippen MR) is 155 cm³/mol. The molecule has 0 fully saturated rings. The first kappa shape index (κ1) is 28.4. The summed E-state index contributed by atoms with van der Waals surface area (Å²) in [5, 5.41) is 19.2. The van der Waals surface area contributed by atoms with Crippen LogP contribution in [0.4, 0.5) is 0 Å². The molecule has 1 unspecified atom stereocenters. The van der Waals surface area contributed by atoms with Crippen molar-refractivity contribution >= 4 is 61.2 Å². The molecule has 0 amide bonds. The van der Waals surface area contributed by atoms with Crippen molar-refractivity contribution < 1.29 is 27.5 Å². The van der Waals surface area contributed by atoms with E-state index >= 15 is 0 Å². The third-order valence-electron chi connectivity index (χ3n) is 7.45. The Bertz CT molecular complexity index is 1960. The first-order chi connectivity index (χ1) is 20.1. The van der Waals surface area contributed by atoms with E-state index in [0.717, 1.165) is 0 Å². The van der Waals surface area contributed by atoms with Gasteiger partial charge in [-0.05, 0) is 41.8 Å². The molecule has 0 bridgehead atoms. The van der Waals surface area contributed by atoms with Crippen molar-refractivity contribution in [2.75, 3.05) is 6.54 Å². The molecule has 2 atom stereocenters. The zero-order valence-corrected chi connectivity index (χ0v) is 24.8. The minimum absolute atomic E-state index is 0.00112. The van der Waals surface area contributed by atoms with E-state index in [9.17, 15) is 18.3 Å². The predicted octanol–water partition coefficient (Wildman–Crippen LogP) is 5.38. The van der Waals surface area contributed by atoms with Crippen LogP contribution < -0.4 is 4.74 Å². The number of benzene rings is 2. The minimum atomic E-state index is -4.08. The number of fused-ring (bicyclic) bond motifs is 3. The quantitative estimate of drug-likeness (QED) is 0.251. The fourth-order valence-electron chi connectivity index (χ4n) is 5.33. The highest BCUT2D eigenvalue weighted by Gasteiger charge is 2.36. The molecule has 218 valence electrons. The van der Waals surface area contributed by atoms with Crippen molar-refractivity contribution in [3.05, 3.63) is 75.6 Å². The number of rotatable bonds is 7. The molecule has 0 saturated heterocycles. The number of aromatic nitrogens is 4. The Labute approximate surface area is 250 Å². The summed E-state index contributed by atoms with van der Waals surface area (Å²) in [6.45, 7) is 1.89. The number of sulfonamides is 1. The lowest BCUT2D eigenvalue weighted by Crippen LogP contribution is -2.36. The van der Waals surface area contributed by atoms with Crippen molar-refractivity contribution in [1.29, 1.82) is 0 Å². The Morgan fingerprint density at radius 1 is 1.21 bits per heavy atom. The third-order valence-corrected chi connectivity index (χ3v) is 9.86.